The Balaban J connectivity index is 0. The van der Waals surface area contributed by atoms with Crippen molar-refractivity contribution in [2.45, 2.75) is 11.8 Å². The van der Waals surface area contributed by atoms with Crippen molar-refractivity contribution in [3.8, 4) is 0 Å². The first kappa shape index (κ1) is 12.9. The fourth-order valence-corrected chi connectivity index (χ4v) is 1.37. The van der Waals surface area contributed by atoms with Crippen LogP contribution in [-0.4, -0.2) is 13.0 Å². The average molecular weight is 211 g/mol. The molecule has 1 rings (SSSR count). The molecule has 68 valence electrons. The zero-order chi connectivity index (χ0) is 9.35. The third-order valence-electron chi connectivity index (χ3n) is 1.54. The average Bonchev–Trinajstić information content (AvgIpc) is 1.92. The molecule has 6 heteroatoms. The van der Waals surface area contributed by atoms with Crippen molar-refractivity contribution in [2.24, 2.45) is 0 Å². The fraction of sp³-hybridized carbons (Fsp3) is 0.143. The van der Waals surface area contributed by atoms with Gasteiger partial charge in [-0.15, -0.1) is 0 Å². The molecule has 0 aliphatic carbocycles. The molecule has 1 aromatic carbocycles. The van der Waals surface area contributed by atoms with E-state index in [1.54, 1.807) is 6.92 Å². The van der Waals surface area contributed by atoms with Crippen LogP contribution in [-0.2, 0) is 10.1 Å². The van der Waals surface area contributed by atoms with Crippen molar-refractivity contribution < 1.29 is 44.0 Å². The van der Waals surface area contributed by atoms with Crippen molar-refractivity contribution in [3.63, 3.8) is 0 Å². The number of nitrogen functional groups attached to an aromatic ring is 1. The van der Waals surface area contributed by atoms with Crippen LogP contribution in [0.4, 0.5) is 5.69 Å². The standard InChI is InChI=1S/C7H9NO3S.Na.H/c1-5-4-6(12(9,10)11)2-3-7(5)8;;/h2-4H,8H2,1H3,(H,9,10,11);;/q;+1;-1. The molecule has 0 unspecified atom stereocenters. The van der Waals surface area contributed by atoms with Crippen molar-refractivity contribution in [1.29, 1.82) is 0 Å². The van der Waals surface area contributed by atoms with Gasteiger partial charge in [-0.1, -0.05) is 0 Å². The first-order valence-electron chi connectivity index (χ1n) is 3.25. The van der Waals surface area contributed by atoms with Crippen molar-refractivity contribution in [3.05, 3.63) is 23.8 Å². The van der Waals surface area contributed by atoms with Crippen LogP contribution in [0.2, 0.25) is 0 Å². The summed E-state index contributed by atoms with van der Waals surface area (Å²) >= 11 is 0. The Morgan fingerprint density at radius 3 is 2.38 bits per heavy atom. The maximum atomic E-state index is 10.6. The van der Waals surface area contributed by atoms with E-state index in [-0.39, 0.29) is 35.9 Å². The molecule has 0 spiro atoms. The molecule has 0 saturated heterocycles. The topological polar surface area (TPSA) is 80.4 Å². The monoisotopic (exact) mass is 211 g/mol. The number of anilines is 1. The minimum Gasteiger partial charge on any atom is -1.00 e. The van der Waals surface area contributed by atoms with Crippen LogP contribution in [0.5, 0.6) is 0 Å². The molecule has 0 aliphatic heterocycles. The van der Waals surface area contributed by atoms with Crippen LogP contribution >= 0.6 is 0 Å². The van der Waals surface area contributed by atoms with E-state index >= 15 is 0 Å². The van der Waals surface area contributed by atoms with Crippen LogP contribution < -0.4 is 35.3 Å². The summed E-state index contributed by atoms with van der Waals surface area (Å²) in [6.07, 6.45) is 0. The van der Waals surface area contributed by atoms with Gasteiger partial charge in [0.1, 0.15) is 0 Å². The molecule has 13 heavy (non-hydrogen) atoms. The Morgan fingerprint density at radius 1 is 1.46 bits per heavy atom. The number of hydrogen-bond donors (Lipinski definition) is 2. The Bertz CT molecular complexity index is 407. The van der Waals surface area contributed by atoms with E-state index in [4.69, 9.17) is 10.3 Å². The third kappa shape index (κ3) is 3.28. The summed E-state index contributed by atoms with van der Waals surface area (Å²) in [6.45, 7) is 1.67. The van der Waals surface area contributed by atoms with Crippen LogP contribution in [0, 0.1) is 6.92 Å². The predicted molar refractivity (Wildman–Crippen MR) is 46.5 cm³/mol. The summed E-state index contributed by atoms with van der Waals surface area (Å²) in [6, 6.07) is 4.03. The molecule has 0 fully saturated rings. The van der Waals surface area contributed by atoms with Gasteiger partial charge in [0.25, 0.3) is 10.1 Å². The number of hydrogen-bond acceptors (Lipinski definition) is 3. The van der Waals surface area contributed by atoms with Gasteiger partial charge >= 0.3 is 29.6 Å². The summed E-state index contributed by atoms with van der Waals surface area (Å²) in [7, 11) is -4.10. The molecule has 3 N–H and O–H groups in total. The Labute approximate surface area is 101 Å². The van der Waals surface area contributed by atoms with E-state index in [1.165, 1.54) is 18.2 Å². The van der Waals surface area contributed by atoms with Crippen molar-refractivity contribution in [2.75, 3.05) is 5.73 Å². The van der Waals surface area contributed by atoms with E-state index < -0.39 is 10.1 Å². The molecule has 0 bridgehead atoms. The van der Waals surface area contributed by atoms with E-state index in [9.17, 15) is 8.42 Å². The third-order valence-corrected chi connectivity index (χ3v) is 2.39. The number of aryl methyl sites for hydroxylation is 1. The molecule has 0 saturated carbocycles. The molecular formula is C7H10NNaO3S. The van der Waals surface area contributed by atoms with Gasteiger partial charge in [-0.3, -0.25) is 4.55 Å². The molecule has 1 aromatic rings. The molecule has 4 nitrogen and oxygen atoms in total. The van der Waals surface area contributed by atoms with E-state index in [1.807, 2.05) is 0 Å². The van der Waals surface area contributed by atoms with E-state index in [2.05, 4.69) is 0 Å². The second kappa shape index (κ2) is 4.43. The molecule has 0 amide bonds. The minimum atomic E-state index is -4.10. The molecule has 0 aromatic heterocycles. The van der Waals surface area contributed by atoms with Crippen LogP contribution in [0.1, 0.15) is 6.99 Å². The van der Waals surface area contributed by atoms with Crippen molar-refractivity contribution in [1.82, 2.24) is 0 Å². The minimum absolute atomic E-state index is 0. The summed E-state index contributed by atoms with van der Waals surface area (Å²) in [5.41, 5.74) is 6.59. The van der Waals surface area contributed by atoms with E-state index in [0.717, 1.165) is 0 Å². The molecular weight excluding hydrogens is 201 g/mol. The second-order valence-corrected chi connectivity index (χ2v) is 3.91. The first-order chi connectivity index (χ1) is 5.41. The molecule has 0 radical (unpaired) electrons. The normalized spacial score (nSPS) is 10.6. The number of benzene rings is 1. The van der Waals surface area contributed by atoms with E-state index in [0.29, 0.717) is 11.3 Å². The first-order valence-corrected chi connectivity index (χ1v) is 4.69. The number of nitrogens with two attached hydrogens (primary N) is 1. The van der Waals surface area contributed by atoms with Gasteiger partial charge in [0.05, 0.1) is 4.90 Å². The zero-order valence-corrected chi connectivity index (χ0v) is 10.3. The quantitative estimate of drug-likeness (QED) is 0.318. The fourth-order valence-electron chi connectivity index (χ4n) is 0.809. The van der Waals surface area contributed by atoms with Crippen LogP contribution in [0.15, 0.2) is 23.1 Å². The Hall–Kier alpha value is -0.0700. The zero-order valence-electron chi connectivity index (χ0n) is 8.48. The maximum absolute atomic E-state index is 10.6. The van der Waals surface area contributed by atoms with Gasteiger partial charge in [0, 0.05) is 5.69 Å². The van der Waals surface area contributed by atoms with Gasteiger partial charge in [-0.05, 0) is 30.7 Å². The Morgan fingerprint density at radius 2 is 2.00 bits per heavy atom. The smallest absolute Gasteiger partial charge is 1.00 e. The van der Waals surface area contributed by atoms with Gasteiger partial charge in [0.15, 0.2) is 0 Å². The SMILES string of the molecule is Cc1cc(S(=O)(=O)O)ccc1N.[H-].[Na+]. The summed E-state index contributed by atoms with van der Waals surface area (Å²) < 4.78 is 29.9. The van der Waals surface area contributed by atoms with Gasteiger partial charge in [-0.2, -0.15) is 8.42 Å². The molecule has 0 heterocycles. The Kier molecular flexibility index (Phi) is 4.41. The van der Waals surface area contributed by atoms with Gasteiger partial charge in [0.2, 0.25) is 0 Å². The molecule has 0 aliphatic rings. The summed E-state index contributed by atoms with van der Waals surface area (Å²) in [4.78, 5) is -0.130. The van der Waals surface area contributed by atoms with Crippen LogP contribution in [0.3, 0.4) is 0 Å². The molecule has 0 atom stereocenters. The van der Waals surface area contributed by atoms with Crippen LogP contribution in [0.25, 0.3) is 0 Å². The van der Waals surface area contributed by atoms with Gasteiger partial charge in [-0.25, -0.2) is 0 Å². The predicted octanol–water partition coefficient (Wildman–Crippen LogP) is -2.06. The summed E-state index contributed by atoms with van der Waals surface area (Å²) in [5.74, 6) is 0. The largest absolute Gasteiger partial charge is 1.00 e. The maximum Gasteiger partial charge on any atom is 1.00 e. The number of rotatable bonds is 1. The summed E-state index contributed by atoms with van der Waals surface area (Å²) in [5, 5.41) is 0. The van der Waals surface area contributed by atoms with Gasteiger partial charge < -0.3 is 7.16 Å². The van der Waals surface area contributed by atoms with Crippen molar-refractivity contribution >= 4 is 15.8 Å². The second-order valence-electron chi connectivity index (χ2n) is 2.49.